The molecule has 0 radical (unpaired) electrons. The summed E-state index contributed by atoms with van der Waals surface area (Å²) in [4.78, 5) is 10.4. The van der Waals surface area contributed by atoms with Crippen molar-refractivity contribution in [1.82, 2.24) is 0 Å². The molecule has 96 valence electrons. The van der Waals surface area contributed by atoms with Crippen LogP contribution in [0.1, 0.15) is 26.2 Å². The second-order valence-corrected chi connectivity index (χ2v) is 4.61. The quantitative estimate of drug-likeness (QED) is 0.652. The van der Waals surface area contributed by atoms with Gasteiger partial charge in [0.15, 0.2) is 11.3 Å². The molecule has 1 atom stereocenters. The molecule has 16 heavy (non-hydrogen) atoms. The number of hydrogen-bond acceptors (Lipinski definition) is 2. The third-order valence-corrected chi connectivity index (χ3v) is 2.65. The Morgan fingerprint density at radius 1 is 1.25 bits per heavy atom. The summed E-state index contributed by atoms with van der Waals surface area (Å²) in [5.41, 5.74) is 0. The molecule has 1 nitrogen and oxygen atoms in total. The minimum atomic E-state index is -3.22. The lowest BCUT2D eigenvalue weighted by molar-refractivity contribution is -0.109. The van der Waals surface area contributed by atoms with Crippen LogP contribution in [0, 0.1) is 0 Å². The molecule has 0 spiro atoms. The van der Waals surface area contributed by atoms with Crippen molar-refractivity contribution in [2.24, 2.45) is 0 Å². The molecule has 0 saturated carbocycles. The summed E-state index contributed by atoms with van der Waals surface area (Å²) in [5, 5.41) is -0.285. The van der Waals surface area contributed by atoms with Crippen LogP contribution in [0.2, 0.25) is 0 Å². The van der Waals surface area contributed by atoms with Crippen LogP contribution in [0.5, 0.6) is 0 Å². The van der Waals surface area contributed by atoms with Crippen LogP contribution < -0.4 is 0 Å². The maximum Gasteiger partial charge on any atom is 0.269 e. The smallest absolute Gasteiger partial charge is 0.269 e. The number of carbonyl (C=O) groups excluding carboxylic acids is 1. The Bertz CT molecular complexity index is 222. The highest BCUT2D eigenvalue weighted by molar-refractivity contribution is 8.13. The molecule has 7 heteroatoms. The maximum absolute atomic E-state index is 13.0. The largest absolute Gasteiger partial charge is 0.288 e. The standard InChI is InChI=1S/C9H13F5OS/c1-6(15)16-5-4-9(13,14)3-2-7(10)8(11)12/h7-8H,2-5H2,1H3. The first kappa shape index (κ1) is 15.7. The van der Waals surface area contributed by atoms with E-state index in [0.717, 1.165) is 11.8 Å². The van der Waals surface area contributed by atoms with Gasteiger partial charge in [0.25, 0.3) is 6.43 Å². The topological polar surface area (TPSA) is 17.1 Å². The summed E-state index contributed by atoms with van der Waals surface area (Å²) in [7, 11) is 0. The van der Waals surface area contributed by atoms with Crippen LogP contribution in [0.4, 0.5) is 22.0 Å². The second-order valence-electron chi connectivity index (χ2n) is 3.34. The third kappa shape index (κ3) is 7.90. The van der Waals surface area contributed by atoms with Gasteiger partial charge in [-0.1, -0.05) is 11.8 Å². The van der Waals surface area contributed by atoms with Gasteiger partial charge in [0, 0.05) is 25.5 Å². The molecule has 0 aromatic rings. The number of rotatable bonds is 7. The van der Waals surface area contributed by atoms with Crippen molar-refractivity contribution in [1.29, 1.82) is 0 Å². The summed E-state index contributed by atoms with van der Waals surface area (Å²) >= 11 is 0.738. The van der Waals surface area contributed by atoms with Crippen LogP contribution in [0.3, 0.4) is 0 Å². The Kier molecular flexibility index (Phi) is 6.94. The fourth-order valence-electron chi connectivity index (χ4n) is 0.944. The number of hydrogen-bond donors (Lipinski definition) is 0. The number of carbonyl (C=O) groups is 1. The molecule has 0 bridgehead atoms. The maximum atomic E-state index is 13.0. The Balaban J connectivity index is 3.81. The van der Waals surface area contributed by atoms with Gasteiger partial charge >= 0.3 is 0 Å². The minimum absolute atomic E-state index is 0.0893. The number of thioether (sulfide) groups is 1. The fraction of sp³-hybridized carbons (Fsp3) is 0.889. The van der Waals surface area contributed by atoms with Crippen molar-refractivity contribution >= 4 is 16.9 Å². The molecule has 0 heterocycles. The van der Waals surface area contributed by atoms with E-state index < -0.39 is 37.8 Å². The van der Waals surface area contributed by atoms with Gasteiger partial charge in [0.2, 0.25) is 5.92 Å². The molecule has 0 aliphatic heterocycles. The average molecular weight is 264 g/mol. The molecule has 0 saturated heterocycles. The Hall–Kier alpha value is -0.330. The number of halogens is 5. The highest BCUT2D eigenvalue weighted by Gasteiger charge is 2.31. The molecule has 0 amide bonds. The lowest BCUT2D eigenvalue weighted by atomic mass is 10.1. The third-order valence-electron chi connectivity index (χ3n) is 1.83. The van der Waals surface area contributed by atoms with E-state index in [1.165, 1.54) is 6.92 Å². The zero-order valence-electron chi connectivity index (χ0n) is 8.69. The van der Waals surface area contributed by atoms with Gasteiger partial charge in [-0.3, -0.25) is 4.79 Å². The second kappa shape index (κ2) is 7.09. The van der Waals surface area contributed by atoms with E-state index in [2.05, 4.69) is 0 Å². The Morgan fingerprint density at radius 3 is 2.25 bits per heavy atom. The zero-order chi connectivity index (χ0) is 12.8. The number of alkyl halides is 5. The zero-order valence-corrected chi connectivity index (χ0v) is 9.51. The van der Waals surface area contributed by atoms with Crippen LogP contribution in [-0.2, 0) is 4.79 Å². The van der Waals surface area contributed by atoms with Crippen LogP contribution >= 0.6 is 11.8 Å². The van der Waals surface area contributed by atoms with E-state index in [1.807, 2.05) is 0 Å². The monoisotopic (exact) mass is 264 g/mol. The normalized spacial score (nSPS) is 14.2. The summed E-state index contributed by atoms with van der Waals surface area (Å²) in [6, 6.07) is 0. The first-order valence-electron chi connectivity index (χ1n) is 4.68. The molecule has 0 aliphatic carbocycles. The molecule has 0 aromatic carbocycles. The lowest BCUT2D eigenvalue weighted by Crippen LogP contribution is -2.22. The van der Waals surface area contributed by atoms with Crippen LogP contribution in [0.15, 0.2) is 0 Å². The van der Waals surface area contributed by atoms with Crippen molar-refractivity contribution in [2.45, 2.75) is 44.7 Å². The summed E-state index contributed by atoms with van der Waals surface area (Å²) in [6.45, 7) is 1.25. The summed E-state index contributed by atoms with van der Waals surface area (Å²) in [6.07, 6.45) is -8.12. The van der Waals surface area contributed by atoms with Crippen molar-refractivity contribution in [3.8, 4) is 0 Å². The molecular weight excluding hydrogens is 251 g/mol. The Morgan fingerprint density at radius 2 is 1.81 bits per heavy atom. The SMILES string of the molecule is CC(=O)SCCC(F)(F)CCC(F)C(F)F. The van der Waals surface area contributed by atoms with Crippen LogP contribution in [0.25, 0.3) is 0 Å². The van der Waals surface area contributed by atoms with Crippen LogP contribution in [-0.4, -0.2) is 29.4 Å². The van der Waals surface area contributed by atoms with Crippen molar-refractivity contribution < 1.29 is 26.7 Å². The highest BCUT2D eigenvalue weighted by atomic mass is 32.2. The molecule has 0 aromatic heterocycles. The molecule has 1 unspecified atom stereocenters. The van der Waals surface area contributed by atoms with Gasteiger partial charge in [-0.15, -0.1) is 0 Å². The molecule has 0 fully saturated rings. The van der Waals surface area contributed by atoms with E-state index in [9.17, 15) is 26.7 Å². The van der Waals surface area contributed by atoms with Crippen molar-refractivity contribution in [3.05, 3.63) is 0 Å². The first-order chi connectivity index (χ1) is 7.24. The van der Waals surface area contributed by atoms with E-state index in [-0.39, 0.29) is 10.9 Å². The van der Waals surface area contributed by atoms with E-state index in [0.29, 0.717) is 0 Å². The van der Waals surface area contributed by atoms with Crippen molar-refractivity contribution in [3.63, 3.8) is 0 Å². The first-order valence-corrected chi connectivity index (χ1v) is 5.66. The van der Waals surface area contributed by atoms with Gasteiger partial charge in [-0.25, -0.2) is 22.0 Å². The summed E-state index contributed by atoms with van der Waals surface area (Å²) < 4.78 is 61.7. The van der Waals surface area contributed by atoms with Gasteiger partial charge < -0.3 is 0 Å². The molecular formula is C9H13F5OS. The average Bonchev–Trinajstić information content (AvgIpc) is 2.13. The fourth-order valence-corrected chi connectivity index (χ4v) is 1.63. The van der Waals surface area contributed by atoms with E-state index in [1.54, 1.807) is 0 Å². The minimum Gasteiger partial charge on any atom is -0.288 e. The predicted molar refractivity (Wildman–Crippen MR) is 52.8 cm³/mol. The molecule has 0 rings (SSSR count). The van der Waals surface area contributed by atoms with E-state index >= 15 is 0 Å². The molecule has 0 N–H and O–H groups in total. The van der Waals surface area contributed by atoms with E-state index in [4.69, 9.17) is 0 Å². The van der Waals surface area contributed by atoms with Gasteiger partial charge in [-0.05, 0) is 6.42 Å². The lowest BCUT2D eigenvalue weighted by Gasteiger charge is -2.16. The van der Waals surface area contributed by atoms with Crippen molar-refractivity contribution in [2.75, 3.05) is 5.75 Å². The van der Waals surface area contributed by atoms with Gasteiger partial charge in [-0.2, -0.15) is 0 Å². The Labute approximate surface area is 94.8 Å². The molecule has 0 aliphatic rings. The van der Waals surface area contributed by atoms with Gasteiger partial charge in [0.1, 0.15) is 0 Å². The van der Waals surface area contributed by atoms with Gasteiger partial charge in [0.05, 0.1) is 0 Å². The highest BCUT2D eigenvalue weighted by Crippen LogP contribution is 2.28. The summed E-state index contributed by atoms with van der Waals surface area (Å²) in [5.74, 6) is -3.28. The predicted octanol–water partition coefficient (Wildman–Crippen LogP) is 3.67.